The molecule has 7 nitrogen and oxygen atoms in total. The zero-order valence-corrected chi connectivity index (χ0v) is 23.7. The van der Waals surface area contributed by atoms with Crippen LogP contribution in [0.4, 0.5) is 4.39 Å². The van der Waals surface area contributed by atoms with Crippen LogP contribution in [0.25, 0.3) is 11.1 Å². The molecule has 1 aliphatic heterocycles. The highest BCUT2D eigenvalue weighted by molar-refractivity contribution is 5.76. The molecule has 2 unspecified atom stereocenters. The van der Waals surface area contributed by atoms with Gasteiger partial charge in [0.25, 0.3) is 0 Å². The van der Waals surface area contributed by atoms with Crippen LogP contribution in [-0.2, 0) is 29.6 Å². The summed E-state index contributed by atoms with van der Waals surface area (Å²) >= 11 is 0. The molecular weight excluding hydrogens is 523 g/mol. The van der Waals surface area contributed by atoms with E-state index in [0.29, 0.717) is 43.1 Å². The minimum atomic E-state index is -0.405. The number of esters is 1. The molecule has 212 valence electrons. The first kappa shape index (κ1) is 26.9. The van der Waals surface area contributed by atoms with E-state index in [1.54, 1.807) is 16.9 Å². The molecule has 3 aromatic carbocycles. The monoisotopic (exact) mass is 556 g/mol. The van der Waals surface area contributed by atoms with Crippen LogP contribution in [0.5, 0.6) is 17.2 Å². The van der Waals surface area contributed by atoms with Crippen molar-refractivity contribution in [2.45, 2.75) is 51.7 Å². The topological polar surface area (TPSA) is 71.8 Å². The molecule has 41 heavy (non-hydrogen) atoms. The van der Waals surface area contributed by atoms with Crippen LogP contribution in [0.1, 0.15) is 58.2 Å². The molecule has 2 aliphatic rings. The van der Waals surface area contributed by atoms with Crippen molar-refractivity contribution in [1.29, 1.82) is 0 Å². The van der Waals surface area contributed by atoms with Crippen molar-refractivity contribution in [3.63, 3.8) is 0 Å². The van der Waals surface area contributed by atoms with E-state index in [-0.39, 0.29) is 24.1 Å². The average Bonchev–Trinajstić information content (AvgIpc) is 3.67. The third-order valence-electron chi connectivity index (χ3n) is 8.01. The normalized spacial score (nSPS) is 17.1. The van der Waals surface area contributed by atoms with E-state index in [1.807, 2.05) is 49.6 Å². The smallest absolute Gasteiger partial charge is 0.306 e. The standard InChI is InChI=1S/C33H33FN2O5/c1-19-11-24(39-17-21-15-35-36(3)16-21)12-20(2)32(19)26-7-9-28(34)33-27(26)8-10-29(33)41-23-5-6-25-22(13-31(37)38-4)18-40-30(25)14-23/h5-7,9,11-12,14-16,22,29H,8,10,13,17-18H2,1-4H3. The Hall–Kier alpha value is -4.33. The molecule has 2 atom stereocenters. The van der Waals surface area contributed by atoms with E-state index in [1.165, 1.54) is 7.11 Å². The number of aryl methyl sites for hydroxylation is 3. The molecule has 2 heterocycles. The quantitative estimate of drug-likeness (QED) is 0.230. The summed E-state index contributed by atoms with van der Waals surface area (Å²) in [5.74, 6) is 1.54. The summed E-state index contributed by atoms with van der Waals surface area (Å²) in [4.78, 5) is 11.7. The molecule has 0 N–H and O–H groups in total. The van der Waals surface area contributed by atoms with Crippen molar-refractivity contribution in [3.05, 3.63) is 94.1 Å². The molecule has 0 saturated heterocycles. The lowest BCUT2D eigenvalue weighted by Crippen LogP contribution is -2.09. The third-order valence-corrected chi connectivity index (χ3v) is 8.01. The summed E-state index contributed by atoms with van der Waals surface area (Å²) in [5, 5.41) is 4.20. The first-order chi connectivity index (χ1) is 19.8. The van der Waals surface area contributed by atoms with E-state index < -0.39 is 6.10 Å². The van der Waals surface area contributed by atoms with Gasteiger partial charge in [-0.2, -0.15) is 5.10 Å². The van der Waals surface area contributed by atoms with Gasteiger partial charge in [-0.15, -0.1) is 0 Å². The number of benzene rings is 3. The largest absolute Gasteiger partial charge is 0.492 e. The van der Waals surface area contributed by atoms with Crippen LogP contribution in [-0.4, -0.2) is 29.5 Å². The van der Waals surface area contributed by atoms with Gasteiger partial charge in [-0.05, 0) is 78.8 Å². The van der Waals surface area contributed by atoms with Gasteiger partial charge < -0.3 is 18.9 Å². The van der Waals surface area contributed by atoms with Gasteiger partial charge in [0.2, 0.25) is 0 Å². The van der Waals surface area contributed by atoms with Gasteiger partial charge in [-0.3, -0.25) is 9.48 Å². The number of ether oxygens (including phenoxy) is 4. The van der Waals surface area contributed by atoms with Crippen LogP contribution in [0.3, 0.4) is 0 Å². The molecule has 0 fully saturated rings. The highest BCUT2D eigenvalue weighted by atomic mass is 19.1. The molecular formula is C33H33FN2O5. The van der Waals surface area contributed by atoms with Gasteiger partial charge in [0.15, 0.2) is 0 Å². The molecule has 6 rings (SSSR count). The van der Waals surface area contributed by atoms with Gasteiger partial charge >= 0.3 is 5.97 Å². The van der Waals surface area contributed by atoms with Crippen molar-refractivity contribution in [1.82, 2.24) is 9.78 Å². The summed E-state index contributed by atoms with van der Waals surface area (Å²) in [7, 11) is 3.27. The predicted molar refractivity (Wildman–Crippen MR) is 152 cm³/mol. The molecule has 8 heteroatoms. The Morgan fingerprint density at radius 1 is 1.12 bits per heavy atom. The SMILES string of the molecule is COC(=O)CC1COc2cc(OC3CCc4c(-c5c(C)cc(OCc6cnn(C)c6)cc5C)ccc(F)c43)ccc21. The lowest BCUT2D eigenvalue weighted by molar-refractivity contribution is -0.141. The maximum atomic E-state index is 15.3. The Bertz CT molecular complexity index is 1610. The van der Waals surface area contributed by atoms with Crippen LogP contribution >= 0.6 is 0 Å². The summed E-state index contributed by atoms with van der Waals surface area (Å²) in [6.07, 6.45) is 4.99. The number of aromatic nitrogens is 2. The minimum absolute atomic E-state index is 0.0441. The highest BCUT2D eigenvalue weighted by Gasteiger charge is 2.32. The molecule has 0 saturated carbocycles. The van der Waals surface area contributed by atoms with Crippen molar-refractivity contribution in [2.24, 2.45) is 7.05 Å². The van der Waals surface area contributed by atoms with E-state index in [4.69, 9.17) is 18.9 Å². The van der Waals surface area contributed by atoms with E-state index >= 15 is 4.39 Å². The summed E-state index contributed by atoms with van der Waals surface area (Å²) in [6, 6.07) is 13.1. The number of carbonyl (C=O) groups is 1. The third kappa shape index (κ3) is 5.26. The number of nitrogens with zero attached hydrogens (tertiary/aromatic N) is 2. The Morgan fingerprint density at radius 3 is 2.66 bits per heavy atom. The molecule has 0 amide bonds. The first-order valence-corrected chi connectivity index (χ1v) is 13.8. The number of hydrogen-bond donors (Lipinski definition) is 0. The van der Waals surface area contributed by atoms with Gasteiger partial charge in [0.1, 0.15) is 35.8 Å². The number of hydrogen-bond acceptors (Lipinski definition) is 6. The van der Waals surface area contributed by atoms with Crippen molar-refractivity contribution in [3.8, 4) is 28.4 Å². The van der Waals surface area contributed by atoms with Crippen LogP contribution in [0, 0.1) is 19.7 Å². The van der Waals surface area contributed by atoms with Gasteiger partial charge in [-0.25, -0.2) is 4.39 Å². The molecule has 0 spiro atoms. The van der Waals surface area contributed by atoms with Crippen molar-refractivity contribution < 1.29 is 28.1 Å². The van der Waals surface area contributed by atoms with Crippen LogP contribution in [0.2, 0.25) is 0 Å². The predicted octanol–water partition coefficient (Wildman–Crippen LogP) is 6.53. The lowest BCUT2D eigenvalue weighted by Gasteiger charge is -2.19. The highest BCUT2D eigenvalue weighted by Crippen LogP contribution is 2.45. The molecule has 1 aliphatic carbocycles. The number of methoxy groups -OCH3 is 1. The molecule has 1 aromatic heterocycles. The Labute approximate surface area is 238 Å². The van der Waals surface area contributed by atoms with Gasteiger partial charge in [0.05, 0.1) is 26.3 Å². The Kier molecular flexibility index (Phi) is 7.15. The number of rotatable bonds is 8. The molecule has 0 radical (unpaired) electrons. The van der Waals surface area contributed by atoms with E-state index in [9.17, 15) is 4.79 Å². The van der Waals surface area contributed by atoms with Crippen molar-refractivity contribution in [2.75, 3.05) is 13.7 Å². The maximum absolute atomic E-state index is 15.3. The fourth-order valence-electron chi connectivity index (χ4n) is 6.12. The fourth-order valence-corrected chi connectivity index (χ4v) is 6.12. The van der Waals surface area contributed by atoms with Crippen LogP contribution < -0.4 is 14.2 Å². The van der Waals surface area contributed by atoms with E-state index in [2.05, 4.69) is 18.9 Å². The lowest BCUT2D eigenvalue weighted by atomic mass is 9.90. The van der Waals surface area contributed by atoms with Gasteiger partial charge in [-0.1, -0.05) is 12.1 Å². The minimum Gasteiger partial charge on any atom is -0.492 e. The number of fused-ring (bicyclic) bond motifs is 2. The Balaban J connectivity index is 1.23. The van der Waals surface area contributed by atoms with Gasteiger partial charge in [0, 0.05) is 41.9 Å². The Morgan fingerprint density at radius 2 is 1.93 bits per heavy atom. The number of carbonyl (C=O) groups excluding carboxylic acids is 1. The fraction of sp³-hybridized carbons (Fsp3) is 0.333. The summed E-state index contributed by atoms with van der Waals surface area (Å²) < 4.78 is 40.1. The molecule has 4 aromatic rings. The average molecular weight is 557 g/mol. The summed E-state index contributed by atoms with van der Waals surface area (Å²) in [6.45, 7) is 4.99. The van der Waals surface area contributed by atoms with Crippen LogP contribution in [0.15, 0.2) is 54.9 Å². The second-order valence-corrected chi connectivity index (χ2v) is 10.9. The van der Waals surface area contributed by atoms with E-state index in [0.717, 1.165) is 44.7 Å². The summed E-state index contributed by atoms with van der Waals surface area (Å²) in [5.41, 5.74) is 7.83. The zero-order chi connectivity index (χ0) is 28.7. The number of halogens is 1. The maximum Gasteiger partial charge on any atom is 0.306 e. The molecule has 0 bridgehead atoms. The van der Waals surface area contributed by atoms with Crippen molar-refractivity contribution >= 4 is 5.97 Å². The second kappa shape index (κ2) is 10.9. The zero-order valence-electron chi connectivity index (χ0n) is 23.7. The first-order valence-electron chi connectivity index (χ1n) is 13.8. The second-order valence-electron chi connectivity index (χ2n) is 10.9.